The lowest BCUT2D eigenvalue weighted by Gasteiger charge is -2.10. The maximum atomic E-state index is 5.35. The Bertz CT molecular complexity index is 1020. The standard InChI is InChI=1S/C20H18N6O/c1-14-8-19(23-11-15-4-3-7-21-10-15)26-20(24-14)25-17-6-2-5-16(9-17)18-12-22-13-27-18/h2-10,12-13H,11H2,1H3,(H2,23,24,25,26). The van der Waals surface area contributed by atoms with Crippen LogP contribution in [0.1, 0.15) is 11.3 Å². The molecule has 0 aliphatic carbocycles. The quantitative estimate of drug-likeness (QED) is 0.534. The number of aromatic nitrogens is 4. The summed E-state index contributed by atoms with van der Waals surface area (Å²) in [5, 5.41) is 6.56. The summed E-state index contributed by atoms with van der Waals surface area (Å²) in [6.07, 6.45) is 6.69. The van der Waals surface area contributed by atoms with Crippen LogP contribution >= 0.6 is 0 Å². The summed E-state index contributed by atoms with van der Waals surface area (Å²) in [4.78, 5) is 17.1. The Labute approximate surface area is 156 Å². The molecule has 2 N–H and O–H groups in total. The van der Waals surface area contributed by atoms with Crippen molar-refractivity contribution in [2.45, 2.75) is 13.5 Å². The molecule has 7 nitrogen and oxygen atoms in total. The van der Waals surface area contributed by atoms with E-state index in [9.17, 15) is 0 Å². The molecule has 0 fully saturated rings. The van der Waals surface area contributed by atoms with Gasteiger partial charge in [0.2, 0.25) is 5.95 Å². The molecule has 4 aromatic rings. The first-order valence-electron chi connectivity index (χ1n) is 8.51. The van der Waals surface area contributed by atoms with E-state index < -0.39 is 0 Å². The molecule has 0 amide bonds. The molecule has 0 aliphatic heterocycles. The lowest BCUT2D eigenvalue weighted by molar-refractivity contribution is 0.572. The van der Waals surface area contributed by atoms with E-state index in [1.54, 1.807) is 12.4 Å². The van der Waals surface area contributed by atoms with Gasteiger partial charge in [0, 0.05) is 41.9 Å². The second kappa shape index (κ2) is 7.65. The molecule has 0 atom stereocenters. The number of pyridine rings is 1. The van der Waals surface area contributed by atoms with Crippen LogP contribution in [0, 0.1) is 6.92 Å². The predicted octanol–water partition coefficient (Wildman–Crippen LogP) is 4.19. The van der Waals surface area contributed by atoms with E-state index in [1.165, 1.54) is 6.39 Å². The van der Waals surface area contributed by atoms with Crippen molar-refractivity contribution in [1.82, 2.24) is 19.9 Å². The zero-order valence-electron chi connectivity index (χ0n) is 14.8. The van der Waals surface area contributed by atoms with Crippen molar-refractivity contribution >= 4 is 17.5 Å². The lowest BCUT2D eigenvalue weighted by Crippen LogP contribution is -2.05. The fraction of sp³-hybridized carbons (Fsp3) is 0.100. The number of anilines is 3. The maximum absolute atomic E-state index is 5.35. The monoisotopic (exact) mass is 358 g/mol. The van der Waals surface area contributed by atoms with Crippen molar-refractivity contribution in [3.8, 4) is 11.3 Å². The van der Waals surface area contributed by atoms with Crippen LogP contribution in [0.4, 0.5) is 17.5 Å². The first-order valence-corrected chi connectivity index (χ1v) is 8.51. The first kappa shape index (κ1) is 16.7. The molecule has 4 rings (SSSR count). The summed E-state index contributed by atoms with van der Waals surface area (Å²) >= 11 is 0. The third-order valence-corrected chi connectivity index (χ3v) is 3.89. The Balaban J connectivity index is 1.51. The average molecular weight is 358 g/mol. The zero-order valence-corrected chi connectivity index (χ0v) is 14.8. The summed E-state index contributed by atoms with van der Waals surface area (Å²) in [6.45, 7) is 2.58. The molecule has 1 aromatic carbocycles. The number of hydrogen-bond acceptors (Lipinski definition) is 7. The SMILES string of the molecule is Cc1cc(NCc2cccnc2)nc(Nc2cccc(-c3cnco3)c2)n1. The highest BCUT2D eigenvalue weighted by molar-refractivity contribution is 5.66. The van der Waals surface area contributed by atoms with E-state index in [1.807, 2.05) is 55.6 Å². The Morgan fingerprint density at radius 2 is 1.96 bits per heavy atom. The number of aryl methyl sites for hydroxylation is 1. The molecular weight excluding hydrogens is 340 g/mol. The fourth-order valence-electron chi connectivity index (χ4n) is 2.65. The fourth-order valence-corrected chi connectivity index (χ4v) is 2.65. The largest absolute Gasteiger partial charge is 0.444 e. The molecule has 0 saturated heterocycles. The van der Waals surface area contributed by atoms with E-state index in [-0.39, 0.29) is 0 Å². The van der Waals surface area contributed by atoms with Gasteiger partial charge in [0.05, 0.1) is 6.20 Å². The Kier molecular flexibility index (Phi) is 4.74. The zero-order chi connectivity index (χ0) is 18.5. The third-order valence-electron chi connectivity index (χ3n) is 3.89. The highest BCUT2D eigenvalue weighted by Gasteiger charge is 2.06. The molecular formula is C20H18N6O. The summed E-state index contributed by atoms with van der Waals surface area (Å²) < 4.78 is 5.35. The molecule has 0 spiro atoms. The summed E-state index contributed by atoms with van der Waals surface area (Å²) in [5.41, 5.74) is 3.75. The first-order chi connectivity index (χ1) is 13.3. The van der Waals surface area contributed by atoms with E-state index in [4.69, 9.17) is 4.42 Å². The van der Waals surface area contributed by atoms with Crippen LogP contribution in [0.15, 0.2) is 71.9 Å². The molecule has 0 saturated carbocycles. The average Bonchev–Trinajstić information content (AvgIpc) is 3.22. The smallest absolute Gasteiger partial charge is 0.229 e. The van der Waals surface area contributed by atoms with Gasteiger partial charge in [-0.25, -0.2) is 9.97 Å². The number of oxazole rings is 1. The molecule has 134 valence electrons. The highest BCUT2D eigenvalue weighted by atomic mass is 16.3. The van der Waals surface area contributed by atoms with Crippen LogP contribution in [-0.4, -0.2) is 19.9 Å². The van der Waals surface area contributed by atoms with E-state index in [0.29, 0.717) is 18.3 Å². The summed E-state index contributed by atoms with van der Waals surface area (Å²) in [5.74, 6) is 1.99. The molecule has 3 heterocycles. The van der Waals surface area contributed by atoms with Crippen LogP contribution in [0.5, 0.6) is 0 Å². The number of nitrogens with one attached hydrogen (secondary N) is 2. The van der Waals surface area contributed by atoms with Gasteiger partial charge in [-0.1, -0.05) is 18.2 Å². The Hall–Kier alpha value is -3.74. The second-order valence-electron chi connectivity index (χ2n) is 6.00. The van der Waals surface area contributed by atoms with Crippen LogP contribution in [0.25, 0.3) is 11.3 Å². The van der Waals surface area contributed by atoms with E-state index in [2.05, 4.69) is 30.6 Å². The molecule has 0 bridgehead atoms. The molecule has 0 unspecified atom stereocenters. The van der Waals surface area contributed by atoms with Gasteiger partial charge in [0.1, 0.15) is 5.82 Å². The maximum Gasteiger partial charge on any atom is 0.229 e. The van der Waals surface area contributed by atoms with E-state index in [0.717, 1.165) is 28.3 Å². The van der Waals surface area contributed by atoms with Gasteiger partial charge in [0.15, 0.2) is 12.2 Å². The van der Waals surface area contributed by atoms with Gasteiger partial charge in [-0.2, -0.15) is 4.98 Å². The van der Waals surface area contributed by atoms with Crippen molar-refractivity contribution in [3.05, 3.63) is 78.7 Å². The predicted molar refractivity (Wildman–Crippen MR) is 104 cm³/mol. The van der Waals surface area contributed by atoms with Crippen LogP contribution < -0.4 is 10.6 Å². The number of hydrogen-bond donors (Lipinski definition) is 2. The molecule has 27 heavy (non-hydrogen) atoms. The number of rotatable bonds is 6. The minimum atomic E-state index is 0.526. The third kappa shape index (κ3) is 4.27. The van der Waals surface area contributed by atoms with Crippen LogP contribution in [0.3, 0.4) is 0 Å². The van der Waals surface area contributed by atoms with Gasteiger partial charge in [-0.05, 0) is 30.7 Å². The van der Waals surface area contributed by atoms with Gasteiger partial charge in [0.25, 0.3) is 0 Å². The van der Waals surface area contributed by atoms with Gasteiger partial charge >= 0.3 is 0 Å². The summed E-state index contributed by atoms with van der Waals surface area (Å²) in [7, 11) is 0. The highest BCUT2D eigenvalue weighted by Crippen LogP contribution is 2.24. The number of nitrogens with zero attached hydrogens (tertiary/aromatic N) is 4. The molecule has 7 heteroatoms. The van der Waals surface area contributed by atoms with Crippen molar-refractivity contribution in [2.24, 2.45) is 0 Å². The van der Waals surface area contributed by atoms with Gasteiger partial charge in [-0.15, -0.1) is 0 Å². The lowest BCUT2D eigenvalue weighted by atomic mass is 10.1. The summed E-state index contributed by atoms with van der Waals surface area (Å²) in [6, 6.07) is 13.7. The van der Waals surface area contributed by atoms with E-state index >= 15 is 0 Å². The minimum Gasteiger partial charge on any atom is -0.444 e. The second-order valence-corrected chi connectivity index (χ2v) is 6.00. The van der Waals surface area contributed by atoms with Crippen molar-refractivity contribution in [2.75, 3.05) is 10.6 Å². The number of benzene rings is 1. The van der Waals surface area contributed by atoms with Crippen LogP contribution in [0.2, 0.25) is 0 Å². The van der Waals surface area contributed by atoms with Crippen molar-refractivity contribution < 1.29 is 4.42 Å². The minimum absolute atomic E-state index is 0.526. The van der Waals surface area contributed by atoms with Gasteiger partial charge < -0.3 is 15.1 Å². The molecule has 0 radical (unpaired) electrons. The Morgan fingerprint density at radius 3 is 2.78 bits per heavy atom. The van der Waals surface area contributed by atoms with Crippen molar-refractivity contribution in [1.29, 1.82) is 0 Å². The Morgan fingerprint density at radius 1 is 1.00 bits per heavy atom. The topological polar surface area (TPSA) is 88.8 Å². The molecule has 3 aromatic heterocycles. The van der Waals surface area contributed by atoms with Gasteiger partial charge in [-0.3, -0.25) is 4.98 Å². The molecule has 0 aliphatic rings. The normalized spacial score (nSPS) is 10.6. The van der Waals surface area contributed by atoms with Crippen molar-refractivity contribution in [3.63, 3.8) is 0 Å². The van der Waals surface area contributed by atoms with Crippen LogP contribution in [-0.2, 0) is 6.54 Å².